The maximum atomic E-state index is 13.2. The predicted molar refractivity (Wildman–Crippen MR) is 64.5 cm³/mol. The van der Waals surface area contributed by atoms with Crippen molar-refractivity contribution >= 4 is 17.3 Å². The van der Waals surface area contributed by atoms with Gasteiger partial charge in [0.05, 0.1) is 11.6 Å². The van der Waals surface area contributed by atoms with E-state index in [1.165, 1.54) is 12.1 Å². The molecular formula is C11H12ClFN4. The zero-order valence-electron chi connectivity index (χ0n) is 9.54. The highest BCUT2D eigenvalue weighted by atomic mass is 35.5. The second kappa shape index (κ2) is 4.71. The molecule has 0 saturated heterocycles. The Hall–Kier alpha value is -1.62. The first kappa shape index (κ1) is 11.9. The van der Waals surface area contributed by atoms with Crippen LogP contribution in [0.2, 0.25) is 5.02 Å². The molecule has 0 aliphatic carbocycles. The summed E-state index contributed by atoms with van der Waals surface area (Å²) in [5, 5.41) is 11.1. The van der Waals surface area contributed by atoms with Gasteiger partial charge in [-0.2, -0.15) is 0 Å². The minimum absolute atomic E-state index is 0.116. The molecule has 0 unspecified atom stereocenters. The molecule has 90 valence electrons. The van der Waals surface area contributed by atoms with Gasteiger partial charge in [0.15, 0.2) is 5.82 Å². The van der Waals surface area contributed by atoms with Gasteiger partial charge in [0.1, 0.15) is 11.6 Å². The molecule has 2 aromatic rings. The molecule has 4 nitrogen and oxygen atoms in total. The van der Waals surface area contributed by atoms with Gasteiger partial charge < -0.3 is 9.88 Å². The number of nitrogens with one attached hydrogen (secondary N) is 1. The molecule has 0 saturated carbocycles. The largest absolute Gasteiger partial charge is 0.378 e. The van der Waals surface area contributed by atoms with Crippen molar-refractivity contribution in [3.8, 4) is 0 Å². The van der Waals surface area contributed by atoms with Crippen molar-refractivity contribution in [1.82, 2.24) is 14.8 Å². The van der Waals surface area contributed by atoms with Crippen LogP contribution in [0.25, 0.3) is 0 Å². The minimum atomic E-state index is -0.439. The van der Waals surface area contributed by atoms with E-state index in [0.29, 0.717) is 12.2 Å². The normalized spacial score (nSPS) is 10.6. The molecule has 1 aromatic heterocycles. The maximum Gasteiger partial charge on any atom is 0.152 e. The summed E-state index contributed by atoms with van der Waals surface area (Å²) in [7, 11) is 1.88. The van der Waals surface area contributed by atoms with Gasteiger partial charge in [-0.15, -0.1) is 10.2 Å². The van der Waals surface area contributed by atoms with Crippen LogP contribution in [0.4, 0.5) is 10.1 Å². The van der Waals surface area contributed by atoms with Gasteiger partial charge in [-0.25, -0.2) is 4.39 Å². The predicted octanol–water partition coefficient (Wildman–Crippen LogP) is 2.53. The van der Waals surface area contributed by atoms with Crippen LogP contribution in [0.1, 0.15) is 11.6 Å². The van der Waals surface area contributed by atoms with Crippen LogP contribution >= 0.6 is 11.6 Å². The number of anilines is 1. The molecule has 0 fully saturated rings. The first-order valence-electron chi connectivity index (χ1n) is 5.11. The standard InChI is InChI=1S/C11H12ClFN4/c1-7-15-16-11(17(7)2)6-14-8-3-4-9(12)10(13)5-8/h3-5,14H,6H2,1-2H3. The number of hydrogen-bond donors (Lipinski definition) is 1. The summed E-state index contributed by atoms with van der Waals surface area (Å²) >= 11 is 5.60. The smallest absolute Gasteiger partial charge is 0.152 e. The molecule has 2 rings (SSSR count). The van der Waals surface area contributed by atoms with Crippen LogP contribution in [0.3, 0.4) is 0 Å². The number of halogens is 2. The highest BCUT2D eigenvalue weighted by Crippen LogP contribution is 2.18. The summed E-state index contributed by atoms with van der Waals surface area (Å²) in [4.78, 5) is 0. The van der Waals surface area contributed by atoms with E-state index in [1.807, 2.05) is 18.5 Å². The van der Waals surface area contributed by atoms with Crippen molar-refractivity contribution < 1.29 is 4.39 Å². The fourth-order valence-electron chi connectivity index (χ4n) is 1.39. The van der Waals surface area contributed by atoms with Crippen LogP contribution in [-0.4, -0.2) is 14.8 Å². The number of aryl methyl sites for hydroxylation is 1. The third kappa shape index (κ3) is 2.55. The summed E-state index contributed by atoms with van der Waals surface area (Å²) in [6.07, 6.45) is 0. The first-order valence-corrected chi connectivity index (χ1v) is 5.49. The topological polar surface area (TPSA) is 42.7 Å². The molecule has 1 N–H and O–H groups in total. The lowest BCUT2D eigenvalue weighted by atomic mass is 10.3. The van der Waals surface area contributed by atoms with Crippen LogP contribution < -0.4 is 5.32 Å². The Morgan fingerprint density at radius 2 is 2.18 bits per heavy atom. The summed E-state index contributed by atoms with van der Waals surface area (Å²) in [6, 6.07) is 4.58. The van der Waals surface area contributed by atoms with E-state index in [2.05, 4.69) is 15.5 Å². The van der Waals surface area contributed by atoms with Crippen molar-refractivity contribution in [2.24, 2.45) is 7.05 Å². The van der Waals surface area contributed by atoms with Gasteiger partial charge in [-0.1, -0.05) is 11.6 Å². The molecule has 1 aromatic carbocycles. The highest BCUT2D eigenvalue weighted by molar-refractivity contribution is 6.30. The fraction of sp³-hybridized carbons (Fsp3) is 0.273. The molecule has 0 bridgehead atoms. The second-order valence-electron chi connectivity index (χ2n) is 3.70. The van der Waals surface area contributed by atoms with E-state index in [-0.39, 0.29) is 5.02 Å². The van der Waals surface area contributed by atoms with Crippen molar-refractivity contribution in [1.29, 1.82) is 0 Å². The van der Waals surface area contributed by atoms with Gasteiger partial charge in [0, 0.05) is 12.7 Å². The fourth-order valence-corrected chi connectivity index (χ4v) is 1.51. The zero-order chi connectivity index (χ0) is 12.4. The van der Waals surface area contributed by atoms with Gasteiger partial charge in [-0.3, -0.25) is 0 Å². The van der Waals surface area contributed by atoms with Gasteiger partial charge in [0.2, 0.25) is 0 Å². The lowest BCUT2D eigenvalue weighted by molar-refractivity contribution is 0.628. The van der Waals surface area contributed by atoms with Crippen LogP contribution in [0.5, 0.6) is 0 Å². The Morgan fingerprint density at radius 1 is 1.41 bits per heavy atom. The molecule has 0 radical (unpaired) electrons. The molecule has 0 atom stereocenters. The molecule has 17 heavy (non-hydrogen) atoms. The SMILES string of the molecule is Cc1nnc(CNc2ccc(Cl)c(F)c2)n1C. The van der Waals surface area contributed by atoms with Crippen LogP contribution in [0.15, 0.2) is 18.2 Å². The lowest BCUT2D eigenvalue weighted by Gasteiger charge is -2.06. The summed E-state index contributed by atoms with van der Waals surface area (Å²) < 4.78 is 15.1. The molecule has 0 aliphatic heterocycles. The van der Waals surface area contributed by atoms with Crippen LogP contribution in [0, 0.1) is 12.7 Å². The van der Waals surface area contributed by atoms with E-state index in [0.717, 1.165) is 11.6 Å². The molecule has 0 spiro atoms. The molecule has 6 heteroatoms. The number of rotatable bonds is 3. The Balaban J connectivity index is 2.07. The third-order valence-electron chi connectivity index (χ3n) is 2.55. The monoisotopic (exact) mass is 254 g/mol. The van der Waals surface area contributed by atoms with Crippen LogP contribution in [-0.2, 0) is 13.6 Å². The summed E-state index contributed by atoms with van der Waals surface area (Å²) in [5.41, 5.74) is 0.660. The van der Waals surface area contributed by atoms with E-state index < -0.39 is 5.82 Å². The highest BCUT2D eigenvalue weighted by Gasteiger charge is 2.05. The average Bonchev–Trinajstić information content (AvgIpc) is 2.62. The molecule has 1 heterocycles. The number of nitrogens with zero attached hydrogens (tertiary/aromatic N) is 3. The summed E-state index contributed by atoms with van der Waals surface area (Å²) in [6.45, 7) is 2.36. The second-order valence-corrected chi connectivity index (χ2v) is 4.11. The van der Waals surface area contributed by atoms with Crippen molar-refractivity contribution in [3.05, 3.63) is 40.7 Å². The first-order chi connectivity index (χ1) is 8.08. The van der Waals surface area contributed by atoms with Gasteiger partial charge >= 0.3 is 0 Å². The van der Waals surface area contributed by atoms with E-state index in [1.54, 1.807) is 6.07 Å². The van der Waals surface area contributed by atoms with Crippen molar-refractivity contribution in [2.45, 2.75) is 13.5 Å². The number of benzene rings is 1. The Morgan fingerprint density at radius 3 is 2.76 bits per heavy atom. The minimum Gasteiger partial charge on any atom is -0.378 e. The zero-order valence-corrected chi connectivity index (χ0v) is 10.3. The Kier molecular flexibility index (Phi) is 3.28. The molecular weight excluding hydrogens is 243 g/mol. The van der Waals surface area contributed by atoms with Gasteiger partial charge in [0.25, 0.3) is 0 Å². The molecule has 0 amide bonds. The Labute approximate surface area is 103 Å². The Bertz CT molecular complexity index is 538. The van der Waals surface area contributed by atoms with Crippen molar-refractivity contribution in [3.63, 3.8) is 0 Å². The quantitative estimate of drug-likeness (QED) is 0.915. The lowest BCUT2D eigenvalue weighted by Crippen LogP contribution is -2.06. The van der Waals surface area contributed by atoms with E-state index >= 15 is 0 Å². The van der Waals surface area contributed by atoms with E-state index in [9.17, 15) is 4.39 Å². The maximum absolute atomic E-state index is 13.2. The molecule has 0 aliphatic rings. The number of hydrogen-bond acceptors (Lipinski definition) is 3. The number of aromatic nitrogens is 3. The average molecular weight is 255 g/mol. The summed E-state index contributed by atoms with van der Waals surface area (Å²) in [5.74, 6) is 1.19. The van der Waals surface area contributed by atoms with Crippen molar-refractivity contribution in [2.75, 3.05) is 5.32 Å². The third-order valence-corrected chi connectivity index (χ3v) is 2.86. The van der Waals surface area contributed by atoms with E-state index in [4.69, 9.17) is 11.6 Å². The van der Waals surface area contributed by atoms with Gasteiger partial charge in [-0.05, 0) is 25.1 Å².